The molecule has 5 rings (SSSR count). The number of nitrogens with zero attached hydrogens (tertiary/aromatic N) is 1. The molecule has 0 saturated heterocycles. The molecule has 0 bridgehead atoms. The summed E-state index contributed by atoms with van der Waals surface area (Å²) in [7, 11) is 0.181. The van der Waals surface area contributed by atoms with Crippen LogP contribution in [0.25, 0.3) is 0 Å². The molecule has 1 atom stereocenters. The average Bonchev–Trinajstić information content (AvgIpc) is 2.91. The number of ether oxygens (including phenoxy) is 3. The van der Waals surface area contributed by atoms with Gasteiger partial charge >= 0.3 is 16.3 Å². The van der Waals surface area contributed by atoms with Gasteiger partial charge < -0.3 is 23.7 Å². The highest BCUT2D eigenvalue weighted by Gasteiger charge is 2.34. The summed E-state index contributed by atoms with van der Waals surface area (Å²) in [5.74, 6) is 1.64. The van der Waals surface area contributed by atoms with Crippen molar-refractivity contribution in [3.8, 4) is 23.0 Å². The fourth-order valence-electron chi connectivity index (χ4n) is 5.19. The van der Waals surface area contributed by atoms with Gasteiger partial charge in [-0.3, -0.25) is 4.90 Å². The van der Waals surface area contributed by atoms with E-state index in [1.807, 2.05) is 29.8 Å². The van der Waals surface area contributed by atoms with Gasteiger partial charge in [0.25, 0.3) is 0 Å². The smallest absolute Gasteiger partial charge is 0.411 e. The van der Waals surface area contributed by atoms with E-state index < -0.39 is 16.3 Å². The number of carbonyl (C=O) groups is 1. The lowest BCUT2D eigenvalue weighted by Crippen LogP contribution is -2.39. The largest absolute Gasteiger partial charge is 0.493 e. The van der Waals surface area contributed by atoms with E-state index in [2.05, 4.69) is 10.2 Å². The molecular weight excluding hydrogens is 522 g/mol. The minimum atomic E-state index is -4.50. The number of hydrogen-bond acceptors (Lipinski definition) is 8. The van der Waals surface area contributed by atoms with E-state index in [-0.39, 0.29) is 17.5 Å². The second-order valence-electron chi connectivity index (χ2n) is 9.58. The first-order chi connectivity index (χ1) is 18.7. The van der Waals surface area contributed by atoms with Gasteiger partial charge in [0, 0.05) is 24.8 Å². The van der Waals surface area contributed by atoms with E-state index in [0.717, 1.165) is 41.8 Å². The number of benzene rings is 3. The SMILES string of the molecule is COc1cc2c(cc1OC)CN1CCc3cc(OC)c(OS(=O)(=O)NC(=O)Nc4ccc(C)cc4)cc3C1C2. The van der Waals surface area contributed by atoms with Gasteiger partial charge in [0.15, 0.2) is 23.0 Å². The van der Waals surface area contributed by atoms with Crippen molar-refractivity contribution in [3.63, 3.8) is 0 Å². The zero-order valence-electron chi connectivity index (χ0n) is 22.2. The zero-order valence-corrected chi connectivity index (χ0v) is 23.1. The molecule has 2 heterocycles. The molecule has 0 aromatic heterocycles. The average molecular weight is 554 g/mol. The summed E-state index contributed by atoms with van der Waals surface area (Å²) in [4.78, 5) is 14.7. The first-order valence-corrected chi connectivity index (χ1v) is 13.9. The van der Waals surface area contributed by atoms with Gasteiger partial charge in [0.2, 0.25) is 0 Å². The summed E-state index contributed by atoms with van der Waals surface area (Å²) < 4.78 is 49.3. The van der Waals surface area contributed by atoms with Crippen LogP contribution in [0.3, 0.4) is 0 Å². The van der Waals surface area contributed by atoms with Crippen molar-refractivity contribution >= 4 is 22.0 Å². The first-order valence-electron chi connectivity index (χ1n) is 12.5. The molecule has 2 aliphatic rings. The van der Waals surface area contributed by atoms with Crippen LogP contribution in [0.1, 0.15) is 33.9 Å². The van der Waals surface area contributed by atoms with Crippen molar-refractivity contribution in [2.24, 2.45) is 0 Å². The van der Waals surface area contributed by atoms with Crippen LogP contribution in [0, 0.1) is 6.92 Å². The monoisotopic (exact) mass is 553 g/mol. The number of fused-ring (bicyclic) bond motifs is 4. The van der Waals surface area contributed by atoms with Crippen molar-refractivity contribution in [3.05, 3.63) is 76.3 Å². The maximum absolute atomic E-state index is 12.8. The molecule has 0 spiro atoms. The predicted molar refractivity (Wildman–Crippen MR) is 146 cm³/mol. The quantitative estimate of drug-likeness (QED) is 0.449. The number of aryl methyl sites for hydroxylation is 1. The molecule has 3 aromatic rings. The Balaban J connectivity index is 1.39. The molecule has 39 heavy (non-hydrogen) atoms. The zero-order chi connectivity index (χ0) is 27.7. The minimum Gasteiger partial charge on any atom is -0.493 e. The second kappa shape index (κ2) is 10.7. The third-order valence-corrected chi connectivity index (χ3v) is 7.95. The van der Waals surface area contributed by atoms with Gasteiger partial charge in [-0.05, 0) is 78.4 Å². The Labute approximate surface area is 228 Å². The highest BCUT2D eigenvalue weighted by atomic mass is 32.2. The van der Waals surface area contributed by atoms with Crippen LogP contribution in [0.15, 0.2) is 48.5 Å². The number of urea groups is 1. The molecule has 0 saturated carbocycles. The third kappa shape index (κ3) is 5.59. The van der Waals surface area contributed by atoms with Crippen molar-refractivity contribution in [2.75, 3.05) is 33.2 Å². The molecular formula is C28H31N3O7S. The Morgan fingerprint density at radius 2 is 1.49 bits per heavy atom. The maximum atomic E-state index is 12.8. The van der Waals surface area contributed by atoms with Crippen LogP contribution < -0.4 is 28.4 Å². The van der Waals surface area contributed by atoms with Gasteiger partial charge in [-0.1, -0.05) is 17.7 Å². The minimum absolute atomic E-state index is 0.00634. The van der Waals surface area contributed by atoms with Gasteiger partial charge in [0.05, 0.1) is 21.3 Å². The highest BCUT2D eigenvalue weighted by Crippen LogP contribution is 2.44. The molecule has 2 amide bonds. The molecule has 1 unspecified atom stereocenters. The van der Waals surface area contributed by atoms with Gasteiger partial charge in [-0.15, -0.1) is 0 Å². The standard InChI is InChI=1S/C28H31N3O7S/c1-17-5-7-21(8-6-17)29-28(32)30-39(33,34)38-27-15-22-18(12-26(27)37-4)9-10-31-16-20-14-25(36-3)24(35-2)13-19(20)11-23(22)31/h5-8,12-15,23H,9-11,16H2,1-4H3,(H2,29,30,32). The topological polar surface area (TPSA) is 115 Å². The Bertz CT molecular complexity index is 1510. The number of hydrogen-bond donors (Lipinski definition) is 2. The third-order valence-electron chi connectivity index (χ3n) is 7.11. The molecule has 11 heteroatoms. The summed E-state index contributed by atoms with van der Waals surface area (Å²) >= 11 is 0. The van der Waals surface area contributed by atoms with Gasteiger partial charge in [-0.2, -0.15) is 8.42 Å². The van der Waals surface area contributed by atoms with Crippen LogP contribution in [0.2, 0.25) is 0 Å². The van der Waals surface area contributed by atoms with E-state index in [1.54, 1.807) is 44.6 Å². The number of amides is 2. The van der Waals surface area contributed by atoms with Crippen molar-refractivity contribution in [1.29, 1.82) is 0 Å². The Kier molecular flexibility index (Phi) is 7.28. The Morgan fingerprint density at radius 3 is 2.15 bits per heavy atom. The van der Waals surface area contributed by atoms with Gasteiger partial charge in [0.1, 0.15) is 0 Å². The van der Waals surface area contributed by atoms with E-state index >= 15 is 0 Å². The number of rotatable bonds is 7. The van der Waals surface area contributed by atoms with Gasteiger partial charge in [-0.25, -0.2) is 9.52 Å². The van der Waals surface area contributed by atoms with E-state index in [4.69, 9.17) is 18.4 Å². The summed E-state index contributed by atoms with van der Waals surface area (Å²) in [5, 5.41) is 2.49. The fourth-order valence-corrected chi connectivity index (χ4v) is 5.87. The van der Waals surface area contributed by atoms with Crippen LogP contribution in [-0.4, -0.2) is 47.2 Å². The molecule has 2 N–H and O–H groups in total. The van der Waals surface area contributed by atoms with Crippen molar-refractivity contribution < 1.29 is 31.6 Å². The lowest BCUT2D eigenvalue weighted by Gasteiger charge is -2.41. The molecule has 2 aliphatic heterocycles. The van der Waals surface area contributed by atoms with Crippen LogP contribution in [0.5, 0.6) is 23.0 Å². The number of carbonyl (C=O) groups excluding carboxylic acids is 1. The fraction of sp³-hybridized carbons (Fsp3) is 0.321. The highest BCUT2D eigenvalue weighted by molar-refractivity contribution is 7.85. The second-order valence-corrected chi connectivity index (χ2v) is 10.9. The van der Waals surface area contributed by atoms with E-state index in [1.165, 1.54) is 12.7 Å². The van der Waals surface area contributed by atoms with Crippen LogP contribution >= 0.6 is 0 Å². The Morgan fingerprint density at radius 1 is 0.872 bits per heavy atom. The van der Waals surface area contributed by atoms with Crippen LogP contribution in [0.4, 0.5) is 10.5 Å². The van der Waals surface area contributed by atoms with Crippen LogP contribution in [-0.2, 0) is 29.7 Å². The molecule has 0 aliphatic carbocycles. The predicted octanol–water partition coefficient (Wildman–Crippen LogP) is 4.12. The molecule has 3 aromatic carbocycles. The van der Waals surface area contributed by atoms with E-state index in [9.17, 15) is 13.2 Å². The normalized spacial score (nSPS) is 16.3. The molecule has 0 radical (unpaired) electrons. The summed E-state index contributed by atoms with van der Waals surface area (Å²) in [6.07, 6.45) is 1.48. The molecule has 206 valence electrons. The van der Waals surface area contributed by atoms with Crippen molar-refractivity contribution in [2.45, 2.75) is 32.4 Å². The summed E-state index contributed by atoms with van der Waals surface area (Å²) in [5.41, 5.74) is 5.79. The summed E-state index contributed by atoms with van der Waals surface area (Å²) in [6.45, 7) is 3.47. The molecule has 0 fully saturated rings. The number of anilines is 1. The maximum Gasteiger partial charge on any atom is 0.411 e. The number of methoxy groups -OCH3 is 3. The Hall–Kier alpha value is -3.96. The van der Waals surface area contributed by atoms with Crippen molar-refractivity contribution in [1.82, 2.24) is 9.62 Å². The first kappa shape index (κ1) is 26.6. The lowest BCUT2D eigenvalue weighted by molar-refractivity contribution is 0.160. The number of nitrogens with one attached hydrogen (secondary N) is 2. The lowest BCUT2D eigenvalue weighted by atomic mass is 9.83. The molecule has 10 nitrogen and oxygen atoms in total. The van der Waals surface area contributed by atoms with E-state index in [0.29, 0.717) is 23.6 Å². The summed E-state index contributed by atoms with van der Waals surface area (Å²) in [6, 6.07) is 13.6.